The lowest BCUT2D eigenvalue weighted by molar-refractivity contribution is -0.125. The Labute approximate surface area is 132 Å². The molecule has 0 bridgehead atoms. The van der Waals surface area contributed by atoms with E-state index in [0.29, 0.717) is 23.8 Å². The Morgan fingerprint density at radius 2 is 1.73 bits per heavy atom. The molecule has 0 aliphatic carbocycles. The monoisotopic (exact) mass is 307 g/mol. The van der Waals surface area contributed by atoms with Gasteiger partial charge in [0.25, 0.3) is 5.91 Å². The van der Waals surface area contributed by atoms with Crippen LogP contribution in [0.2, 0.25) is 0 Å². The molecule has 1 aromatic carbocycles. The van der Waals surface area contributed by atoms with Crippen molar-refractivity contribution >= 4 is 11.9 Å². The topological polar surface area (TPSA) is 64.6 Å². The van der Waals surface area contributed by atoms with Gasteiger partial charge < -0.3 is 14.8 Å². The third-order valence-electron chi connectivity index (χ3n) is 2.52. The van der Waals surface area contributed by atoms with Gasteiger partial charge in [-0.2, -0.15) is 0 Å². The van der Waals surface area contributed by atoms with E-state index in [1.54, 1.807) is 24.3 Å². The molecule has 0 heterocycles. The maximum atomic E-state index is 11.8. The van der Waals surface area contributed by atoms with Crippen molar-refractivity contribution in [3.05, 3.63) is 29.8 Å². The Morgan fingerprint density at radius 3 is 2.23 bits per heavy atom. The van der Waals surface area contributed by atoms with E-state index in [2.05, 4.69) is 19.2 Å². The molecule has 1 N–H and O–H groups in total. The summed E-state index contributed by atoms with van der Waals surface area (Å²) in [6, 6.07) is 6.68. The lowest BCUT2D eigenvalue weighted by Crippen LogP contribution is -2.42. The SMILES string of the molecule is CC(C)COc1ccc(C(=O)OCC(=O)NC(C)(C)C)cc1. The fraction of sp³-hybridized carbons (Fsp3) is 0.529. The molecule has 0 radical (unpaired) electrons. The molecular formula is C17H25NO4. The molecule has 0 aliphatic rings. The standard InChI is InChI=1S/C17H25NO4/c1-12(2)10-21-14-8-6-13(7-9-14)16(20)22-11-15(19)18-17(3,4)5/h6-9,12H,10-11H2,1-5H3,(H,18,19). The summed E-state index contributed by atoms with van der Waals surface area (Å²) in [7, 11) is 0. The maximum absolute atomic E-state index is 11.8. The molecule has 0 saturated heterocycles. The van der Waals surface area contributed by atoms with Crippen molar-refractivity contribution in [2.45, 2.75) is 40.2 Å². The lowest BCUT2D eigenvalue weighted by Gasteiger charge is -2.20. The first-order chi connectivity index (χ1) is 10.2. The quantitative estimate of drug-likeness (QED) is 0.821. The average molecular weight is 307 g/mol. The zero-order valence-corrected chi connectivity index (χ0v) is 13.9. The molecule has 0 aliphatic heterocycles. The number of hydrogen-bond acceptors (Lipinski definition) is 4. The minimum Gasteiger partial charge on any atom is -0.493 e. The molecule has 1 amide bonds. The van der Waals surface area contributed by atoms with Crippen LogP contribution in [0.4, 0.5) is 0 Å². The van der Waals surface area contributed by atoms with Gasteiger partial charge in [0, 0.05) is 5.54 Å². The van der Waals surface area contributed by atoms with Crippen molar-refractivity contribution in [2.75, 3.05) is 13.2 Å². The van der Waals surface area contributed by atoms with Crippen molar-refractivity contribution in [2.24, 2.45) is 5.92 Å². The predicted octanol–water partition coefficient (Wildman–Crippen LogP) is 2.79. The molecule has 0 unspecified atom stereocenters. The van der Waals surface area contributed by atoms with Gasteiger partial charge in [-0.15, -0.1) is 0 Å². The van der Waals surface area contributed by atoms with Crippen LogP contribution in [0.25, 0.3) is 0 Å². The summed E-state index contributed by atoms with van der Waals surface area (Å²) in [5, 5.41) is 2.73. The number of amides is 1. The molecule has 0 spiro atoms. The zero-order valence-electron chi connectivity index (χ0n) is 13.9. The van der Waals surface area contributed by atoms with Crippen LogP contribution in [0.15, 0.2) is 24.3 Å². The Morgan fingerprint density at radius 1 is 1.14 bits per heavy atom. The summed E-state index contributed by atoms with van der Waals surface area (Å²) in [6.07, 6.45) is 0. The highest BCUT2D eigenvalue weighted by Gasteiger charge is 2.16. The molecule has 22 heavy (non-hydrogen) atoms. The normalized spacial score (nSPS) is 11.2. The van der Waals surface area contributed by atoms with E-state index >= 15 is 0 Å². The first-order valence-electron chi connectivity index (χ1n) is 7.38. The second kappa shape index (κ2) is 7.82. The van der Waals surface area contributed by atoms with Crippen LogP contribution < -0.4 is 10.1 Å². The van der Waals surface area contributed by atoms with Gasteiger partial charge in [0.2, 0.25) is 0 Å². The number of nitrogens with one attached hydrogen (secondary N) is 1. The molecule has 122 valence electrons. The number of hydrogen-bond donors (Lipinski definition) is 1. The molecule has 0 aromatic heterocycles. The third kappa shape index (κ3) is 7.11. The first kappa shape index (κ1) is 18.0. The van der Waals surface area contributed by atoms with E-state index in [-0.39, 0.29) is 18.1 Å². The molecule has 0 saturated carbocycles. The van der Waals surface area contributed by atoms with Crippen molar-refractivity contribution in [3.63, 3.8) is 0 Å². The van der Waals surface area contributed by atoms with Crippen LogP contribution in [0.5, 0.6) is 5.75 Å². The summed E-state index contributed by atoms with van der Waals surface area (Å²) in [5.74, 6) is 0.291. The minimum absolute atomic E-state index is 0.290. The second-order valence-corrected chi connectivity index (χ2v) is 6.60. The van der Waals surface area contributed by atoms with Crippen LogP contribution >= 0.6 is 0 Å². The van der Waals surface area contributed by atoms with E-state index < -0.39 is 5.97 Å². The molecule has 5 heteroatoms. The minimum atomic E-state index is -0.528. The molecular weight excluding hydrogens is 282 g/mol. The fourth-order valence-corrected chi connectivity index (χ4v) is 1.62. The molecule has 1 aromatic rings. The van der Waals surface area contributed by atoms with Gasteiger partial charge in [0.05, 0.1) is 12.2 Å². The van der Waals surface area contributed by atoms with Crippen molar-refractivity contribution in [1.29, 1.82) is 0 Å². The third-order valence-corrected chi connectivity index (χ3v) is 2.52. The number of carbonyl (C=O) groups is 2. The van der Waals surface area contributed by atoms with Gasteiger partial charge >= 0.3 is 5.97 Å². The highest BCUT2D eigenvalue weighted by molar-refractivity contribution is 5.91. The van der Waals surface area contributed by atoms with Gasteiger partial charge in [-0.25, -0.2) is 4.79 Å². The average Bonchev–Trinajstić information content (AvgIpc) is 2.41. The van der Waals surface area contributed by atoms with E-state index in [0.717, 1.165) is 0 Å². The Balaban J connectivity index is 2.47. The molecule has 5 nitrogen and oxygen atoms in total. The van der Waals surface area contributed by atoms with Crippen molar-refractivity contribution < 1.29 is 19.1 Å². The van der Waals surface area contributed by atoms with Gasteiger partial charge in [0.1, 0.15) is 5.75 Å². The van der Waals surface area contributed by atoms with E-state index in [4.69, 9.17) is 9.47 Å². The van der Waals surface area contributed by atoms with E-state index in [9.17, 15) is 9.59 Å². The van der Waals surface area contributed by atoms with Gasteiger partial charge in [-0.1, -0.05) is 13.8 Å². The van der Waals surface area contributed by atoms with Crippen LogP contribution in [0.1, 0.15) is 45.0 Å². The van der Waals surface area contributed by atoms with Crippen LogP contribution in [0, 0.1) is 5.92 Å². The number of benzene rings is 1. The van der Waals surface area contributed by atoms with Crippen LogP contribution in [0.3, 0.4) is 0 Å². The smallest absolute Gasteiger partial charge is 0.338 e. The predicted molar refractivity (Wildman–Crippen MR) is 85.0 cm³/mol. The molecule has 0 atom stereocenters. The fourth-order valence-electron chi connectivity index (χ4n) is 1.62. The number of esters is 1. The summed E-state index contributed by atoms with van der Waals surface area (Å²) in [4.78, 5) is 23.4. The second-order valence-electron chi connectivity index (χ2n) is 6.60. The number of ether oxygens (including phenoxy) is 2. The summed E-state index contributed by atoms with van der Waals surface area (Å²) in [5.41, 5.74) is 0.0410. The van der Waals surface area contributed by atoms with Gasteiger partial charge in [0.15, 0.2) is 6.61 Å². The lowest BCUT2D eigenvalue weighted by atomic mass is 10.1. The maximum Gasteiger partial charge on any atom is 0.338 e. The summed E-state index contributed by atoms with van der Waals surface area (Å²) in [6.45, 7) is 10.1. The largest absolute Gasteiger partial charge is 0.493 e. The van der Waals surface area contributed by atoms with Crippen LogP contribution in [-0.2, 0) is 9.53 Å². The Kier molecular flexibility index (Phi) is 6.40. The van der Waals surface area contributed by atoms with E-state index in [1.165, 1.54) is 0 Å². The van der Waals surface area contributed by atoms with E-state index in [1.807, 2.05) is 20.8 Å². The van der Waals surface area contributed by atoms with Crippen molar-refractivity contribution in [3.8, 4) is 5.75 Å². The molecule has 0 fully saturated rings. The van der Waals surface area contributed by atoms with Crippen molar-refractivity contribution in [1.82, 2.24) is 5.32 Å². The zero-order chi connectivity index (χ0) is 16.8. The summed E-state index contributed by atoms with van der Waals surface area (Å²) >= 11 is 0. The number of carbonyl (C=O) groups excluding carboxylic acids is 2. The first-order valence-corrected chi connectivity index (χ1v) is 7.38. The highest BCUT2D eigenvalue weighted by Crippen LogP contribution is 2.14. The van der Waals surface area contributed by atoms with Gasteiger partial charge in [-0.05, 0) is 51.0 Å². The summed E-state index contributed by atoms with van der Waals surface area (Å²) < 4.78 is 10.5. The Bertz CT molecular complexity index is 500. The number of rotatable bonds is 6. The Hall–Kier alpha value is -2.04. The van der Waals surface area contributed by atoms with Crippen LogP contribution in [-0.4, -0.2) is 30.6 Å². The highest BCUT2D eigenvalue weighted by atomic mass is 16.5. The van der Waals surface area contributed by atoms with Gasteiger partial charge in [-0.3, -0.25) is 4.79 Å². The molecule has 1 rings (SSSR count).